The van der Waals surface area contributed by atoms with Crippen molar-refractivity contribution in [2.45, 2.75) is 0 Å². The smallest absolute Gasteiger partial charge is 0.272 e. The van der Waals surface area contributed by atoms with Crippen LogP contribution in [0.25, 0.3) is 16.6 Å². The normalized spacial score (nSPS) is 17.9. The molecule has 0 saturated carbocycles. The number of aromatic nitrogens is 3. The van der Waals surface area contributed by atoms with Gasteiger partial charge in [0.25, 0.3) is 5.91 Å². The van der Waals surface area contributed by atoms with Gasteiger partial charge in [0, 0.05) is 38.1 Å². The third-order valence-electron chi connectivity index (χ3n) is 5.15. The molecule has 0 N–H and O–H groups in total. The Balaban J connectivity index is 1.72. The first-order chi connectivity index (χ1) is 14.4. The number of ether oxygens (including phenoxy) is 1. The molecule has 3 aromatic rings. The first kappa shape index (κ1) is 18.2. The van der Waals surface area contributed by atoms with Gasteiger partial charge in [-0.2, -0.15) is 0 Å². The van der Waals surface area contributed by atoms with Gasteiger partial charge in [-0.25, -0.2) is 13.5 Å². The summed E-state index contributed by atoms with van der Waals surface area (Å²) in [6, 6.07) is 6.72. The average Bonchev–Trinajstić information content (AvgIpc) is 3.35. The zero-order chi connectivity index (χ0) is 21.0. The van der Waals surface area contributed by atoms with Crippen LogP contribution in [-0.4, -0.2) is 38.6 Å². The van der Waals surface area contributed by atoms with E-state index in [0.717, 1.165) is 17.7 Å². The summed E-state index contributed by atoms with van der Waals surface area (Å²) in [7, 11) is 3.37. The maximum atomic E-state index is 14.3. The molecule has 1 amide bonds. The van der Waals surface area contributed by atoms with Gasteiger partial charge in [0.05, 0.1) is 11.4 Å². The van der Waals surface area contributed by atoms with Gasteiger partial charge in [0.2, 0.25) is 0 Å². The van der Waals surface area contributed by atoms with E-state index in [1.54, 1.807) is 31.2 Å². The van der Waals surface area contributed by atoms with E-state index in [9.17, 15) is 13.6 Å². The molecule has 0 radical (unpaired) electrons. The summed E-state index contributed by atoms with van der Waals surface area (Å²) in [6.07, 6.45) is 5.11. The monoisotopic (exact) mass is 407 g/mol. The first-order valence-corrected chi connectivity index (χ1v) is 9.13. The van der Waals surface area contributed by atoms with E-state index in [2.05, 4.69) is 15.3 Å². The van der Waals surface area contributed by atoms with Crippen LogP contribution in [0.2, 0.25) is 0 Å². The number of allylic oxidation sites excluding steroid dienone is 2. The summed E-state index contributed by atoms with van der Waals surface area (Å²) >= 11 is 0. The minimum Gasteiger partial charge on any atom is -0.451 e. The second-order valence-corrected chi connectivity index (χ2v) is 7.03. The molecule has 0 fully saturated rings. The Bertz CT molecular complexity index is 1310. The Kier molecular flexibility index (Phi) is 3.99. The molecule has 0 aliphatic carbocycles. The van der Waals surface area contributed by atoms with Crippen molar-refractivity contribution in [3.63, 3.8) is 0 Å². The Hall–Kier alpha value is -3.88. The third-order valence-corrected chi connectivity index (χ3v) is 5.15. The van der Waals surface area contributed by atoms with E-state index in [1.807, 2.05) is 18.2 Å². The summed E-state index contributed by atoms with van der Waals surface area (Å²) in [4.78, 5) is 18.1. The number of carbonyl (C=O) groups excluding carboxylic acids is 1. The zero-order valence-corrected chi connectivity index (χ0v) is 16.0. The van der Waals surface area contributed by atoms with Crippen LogP contribution < -0.4 is 4.74 Å². The van der Waals surface area contributed by atoms with Crippen LogP contribution in [0.3, 0.4) is 0 Å². The predicted octanol–water partition coefficient (Wildman–Crippen LogP) is 3.44. The van der Waals surface area contributed by atoms with E-state index in [0.29, 0.717) is 22.3 Å². The fourth-order valence-corrected chi connectivity index (χ4v) is 3.66. The van der Waals surface area contributed by atoms with Crippen LogP contribution in [0.1, 0.15) is 5.56 Å². The lowest BCUT2D eigenvalue weighted by Gasteiger charge is -2.27. The van der Waals surface area contributed by atoms with Gasteiger partial charge in [-0.05, 0) is 29.8 Å². The van der Waals surface area contributed by atoms with Gasteiger partial charge in [0.15, 0.2) is 22.8 Å². The van der Waals surface area contributed by atoms with Crippen molar-refractivity contribution in [2.75, 3.05) is 7.05 Å². The van der Waals surface area contributed by atoms with Crippen molar-refractivity contribution >= 4 is 28.2 Å². The molecule has 9 heteroatoms. The van der Waals surface area contributed by atoms with Crippen LogP contribution in [0, 0.1) is 17.6 Å². The number of aryl methyl sites for hydroxylation is 1. The number of hydrogen-bond donors (Lipinski definition) is 0. The molecule has 7 nitrogen and oxygen atoms in total. The highest BCUT2D eigenvalue weighted by molar-refractivity contribution is 6.44. The van der Waals surface area contributed by atoms with E-state index in [-0.39, 0.29) is 23.3 Å². The molecular weight excluding hydrogens is 392 g/mol. The minimum absolute atomic E-state index is 0.146. The summed E-state index contributed by atoms with van der Waals surface area (Å²) in [6.45, 7) is 0. The highest BCUT2D eigenvalue weighted by atomic mass is 19.1. The van der Waals surface area contributed by atoms with E-state index in [4.69, 9.17) is 4.74 Å². The Morgan fingerprint density at radius 1 is 1.13 bits per heavy atom. The second-order valence-electron chi connectivity index (χ2n) is 7.03. The Labute approximate surface area is 169 Å². The lowest BCUT2D eigenvalue weighted by atomic mass is 9.86. The van der Waals surface area contributed by atoms with Crippen LogP contribution in [-0.2, 0) is 11.8 Å². The van der Waals surface area contributed by atoms with Crippen LogP contribution in [0.5, 0.6) is 11.5 Å². The van der Waals surface area contributed by atoms with Gasteiger partial charge in [-0.3, -0.25) is 9.79 Å². The number of aliphatic imine (C=N–C) groups is 1. The molecule has 150 valence electrons. The van der Waals surface area contributed by atoms with Crippen molar-refractivity contribution in [3.8, 4) is 11.5 Å². The average molecular weight is 407 g/mol. The molecule has 0 spiro atoms. The maximum Gasteiger partial charge on any atom is 0.272 e. The highest BCUT2D eigenvalue weighted by Crippen LogP contribution is 2.42. The Morgan fingerprint density at radius 2 is 1.97 bits per heavy atom. The van der Waals surface area contributed by atoms with Gasteiger partial charge in [-0.15, -0.1) is 5.10 Å². The molecule has 2 aliphatic heterocycles. The molecular formula is C21H15F2N5O2. The quantitative estimate of drug-likeness (QED) is 0.667. The van der Waals surface area contributed by atoms with Crippen molar-refractivity contribution in [2.24, 2.45) is 18.0 Å². The minimum atomic E-state index is -0.838. The molecule has 0 bridgehead atoms. The Morgan fingerprint density at radius 3 is 2.77 bits per heavy atom. The molecule has 0 saturated heterocycles. The number of carbonyl (C=O) groups is 1. The molecule has 1 atom stereocenters. The molecule has 1 aromatic heterocycles. The zero-order valence-electron chi connectivity index (χ0n) is 16.0. The van der Waals surface area contributed by atoms with Gasteiger partial charge in [-0.1, -0.05) is 11.3 Å². The third kappa shape index (κ3) is 2.70. The van der Waals surface area contributed by atoms with Gasteiger partial charge >= 0.3 is 0 Å². The molecule has 1 unspecified atom stereocenters. The number of amides is 1. The van der Waals surface area contributed by atoms with E-state index >= 15 is 0 Å². The van der Waals surface area contributed by atoms with Crippen LogP contribution >= 0.6 is 0 Å². The highest BCUT2D eigenvalue weighted by Gasteiger charge is 2.35. The SMILES string of the molecule is CN1C=C(c2ccc3c(nnn3C)c2Oc2ccc(F)cc2F)C2C=CN=C2C1=O. The standard InChI is InChI=1S/C21H15F2N5O2/c1-27-10-14(12-7-8-24-18(12)21(27)29)13-4-5-16-19(25-26-28(16)2)20(13)30-17-6-3-11(22)9-15(17)23/h3-10,12H,1-2H3. The lowest BCUT2D eigenvalue weighted by Crippen LogP contribution is -2.37. The number of benzene rings is 2. The molecule has 30 heavy (non-hydrogen) atoms. The summed E-state index contributed by atoms with van der Waals surface area (Å²) in [5, 5.41) is 8.20. The number of hydrogen-bond acceptors (Lipinski definition) is 5. The second kappa shape index (κ2) is 6.58. The molecule has 2 aliphatic rings. The number of halogens is 2. The molecule has 5 rings (SSSR count). The van der Waals surface area contributed by atoms with Crippen molar-refractivity contribution < 1.29 is 18.3 Å². The molecule has 3 heterocycles. The lowest BCUT2D eigenvalue weighted by molar-refractivity contribution is -0.121. The topological polar surface area (TPSA) is 72.6 Å². The van der Waals surface area contributed by atoms with Gasteiger partial charge < -0.3 is 9.64 Å². The number of nitrogens with zero attached hydrogens (tertiary/aromatic N) is 5. The first-order valence-electron chi connectivity index (χ1n) is 9.13. The number of rotatable bonds is 3. The van der Waals surface area contributed by atoms with Crippen molar-refractivity contribution in [3.05, 3.63) is 66.0 Å². The summed E-state index contributed by atoms with van der Waals surface area (Å²) in [5.41, 5.74) is 2.84. The fourth-order valence-electron chi connectivity index (χ4n) is 3.66. The number of fused-ring (bicyclic) bond motifs is 2. The summed E-state index contributed by atoms with van der Waals surface area (Å²) < 4.78 is 35.2. The molecule has 2 aromatic carbocycles. The van der Waals surface area contributed by atoms with E-state index < -0.39 is 11.6 Å². The fraction of sp³-hybridized carbons (Fsp3) is 0.143. The van der Waals surface area contributed by atoms with Crippen molar-refractivity contribution in [1.29, 1.82) is 0 Å². The van der Waals surface area contributed by atoms with Crippen molar-refractivity contribution in [1.82, 2.24) is 19.9 Å². The maximum absolute atomic E-state index is 14.3. The predicted molar refractivity (Wildman–Crippen MR) is 106 cm³/mol. The van der Waals surface area contributed by atoms with Gasteiger partial charge in [0.1, 0.15) is 11.5 Å². The van der Waals surface area contributed by atoms with Crippen LogP contribution in [0.15, 0.2) is 53.8 Å². The van der Waals surface area contributed by atoms with Crippen LogP contribution in [0.4, 0.5) is 8.78 Å². The largest absolute Gasteiger partial charge is 0.451 e. The summed E-state index contributed by atoms with van der Waals surface area (Å²) in [5.74, 6) is -1.98. The van der Waals surface area contributed by atoms with E-state index in [1.165, 1.54) is 11.0 Å².